The summed E-state index contributed by atoms with van der Waals surface area (Å²) in [5, 5.41) is 21.6. The number of nitrogens with two attached hydrogens (primary N) is 2. The highest BCUT2D eigenvalue weighted by Crippen LogP contribution is 2.68. The first-order chi connectivity index (χ1) is 24.8. The molecule has 2 aliphatic heterocycles. The predicted octanol–water partition coefficient (Wildman–Crippen LogP) is -2.67. The van der Waals surface area contributed by atoms with E-state index in [9.17, 15) is 48.2 Å². The second kappa shape index (κ2) is 14.6. The van der Waals surface area contributed by atoms with E-state index >= 15 is 0 Å². The molecule has 2 fully saturated rings. The molecule has 53 heavy (non-hydrogen) atoms. The zero-order chi connectivity index (χ0) is 38.6. The van der Waals surface area contributed by atoms with Crippen molar-refractivity contribution in [2.24, 2.45) is 0 Å². The van der Waals surface area contributed by atoms with Gasteiger partial charge in [0.15, 0.2) is 34.8 Å². The number of hydrogen-bond acceptors (Lipinski definition) is 21. The van der Waals surface area contributed by atoms with Crippen LogP contribution in [0.4, 0.5) is 11.9 Å². The maximum atomic E-state index is 12.6. The summed E-state index contributed by atoms with van der Waals surface area (Å²) in [6, 6.07) is 0. The standard InChI is InChI=1S/C22H31N10O18P3/c1-43-13-8(48-19(12(13)34)31-5-25-9-15(31)27-21(23)29-17(9)35)4-46-52(39,40)50-53(41,42)49-51(37,38)45-3-7-11(33)14(44-2)20(47-7)32-6-26-10-16(32)28-22(24)30-18(10)36/h5-8,11-14,19-20,33-34H,3-4H2,1-2H3,(H,37,38)(H,39,40)(H,41,42)(H3,23,27,29,35)(H3,24,28,30,36)/t7-,8-,11-,12+,13-,14-,19-,20-/m1/s1. The van der Waals surface area contributed by atoms with Crippen LogP contribution in [0.1, 0.15) is 12.5 Å². The summed E-state index contributed by atoms with van der Waals surface area (Å²) in [6.07, 6.45) is -8.79. The first-order valence-electron chi connectivity index (χ1n) is 14.7. The Morgan fingerprint density at radius 1 is 0.736 bits per heavy atom. The number of aromatic nitrogens is 8. The molecule has 0 amide bonds. The van der Waals surface area contributed by atoms with Gasteiger partial charge in [-0.3, -0.25) is 37.7 Å². The number of aliphatic hydroxyl groups excluding tert-OH is 2. The third-order valence-electron chi connectivity index (χ3n) is 7.83. The van der Waals surface area contributed by atoms with Crippen LogP contribution in [0.3, 0.4) is 0 Å². The Hall–Kier alpha value is -3.53. The lowest BCUT2D eigenvalue weighted by atomic mass is 10.1. The van der Waals surface area contributed by atoms with Gasteiger partial charge in [-0.25, -0.2) is 23.7 Å². The smallest absolute Gasteiger partial charge is 0.387 e. The molecule has 0 saturated carbocycles. The number of fused-ring (bicyclic) bond motifs is 2. The maximum absolute atomic E-state index is 12.6. The topological polar surface area (TPSA) is 405 Å². The second-order valence-corrected chi connectivity index (χ2v) is 15.9. The zero-order valence-electron chi connectivity index (χ0n) is 26.9. The molecule has 6 heterocycles. The average Bonchev–Trinajstić information content (AvgIpc) is 3.81. The lowest BCUT2D eigenvalue weighted by Gasteiger charge is -2.22. The van der Waals surface area contributed by atoms with E-state index in [0.29, 0.717) is 0 Å². The minimum absolute atomic E-state index is 0.0574. The van der Waals surface area contributed by atoms with Crippen LogP contribution < -0.4 is 22.6 Å². The highest BCUT2D eigenvalue weighted by Gasteiger charge is 2.50. The van der Waals surface area contributed by atoms with Gasteiger partial charge in [0.1, 0.15) is 36.6 Å². The van der Waals surface area contributed by atoms with E-state index in [1.54, 1.807) is 0 Å². The molecule has 28 nitrogen and oxygen atoms in total. The lowest BCUT2D eigenvalue weighted by Crippen LogP contribution is -2.35. The van der Waals surface area contributed by atoms with Gasteiger partial charge in [-0.1, -0.05) is 0 Å². The fourth-order valence-corrected chi connectivity index (χ4v) is 9.15. The summed E-state index contributed by atoms with van der Waals surface area (Å²) >= 11 is 0. The number of H-pyrrole nitrogens is 2. The molecule has 0 spiro atoms. The van der Waals surface area contributed by atoms with Gasteiger partial charge in [0.2, 0.25) is 11.9 Å². The second-order valence-electron chi connectivity index (χ2n) is 11.2. The zero-order valence-corrected chi connectivity index (χ0v) is 29.6. The number of methoxy groups -OCH3 is 2. The number of imidazole rings is 2. The number of phosphoric acid groups is 3. The summed E-state index contributed by atoms with van der Waals surface area (Å²) in [6.45, 7) is -1.94. The number of rotatable bonds is 14. The number of nitrogens with one attached hydrogen (secondary N) is 2. The van der Waals surface area contributed by atoms with E-state index in [1.165, 1.54) is 11.7 Å². The van der Waals surface area contributed by atoms with Crippen LogP contribution in [-0.2, 0) is 50.3 Å². The maximum Gasteiger partial charge on any atom is 0.490 e. The molecule has 4 aromatic heterocycles. The molecule has 11 N–H and O–H groups in total. The fourth-order valence-electron chi connectivity index (χ4n) is 5.63. The number of ether oxygens (including phenoxy) is 4. The van der Waals surface area contributed by atoms with Crippen molar-refractivity contribution in [1.29, 1.82) is 0 Å². The Labute approximate surface area is 293 Å². The van der Waals surface area contributed by atoms with Gasteiger partial charge >= 0.3 is 23.5 Å². The number of phosphoric ester groups is 2. The van der Waals surface area contributed by atoms with Crippen molar-refractivity contribution >= 4 is 57.7 Å². The molecule has 0 aromatic carbocycles. The van der Waals surface area contributed by atoms with E-state index in [0.717, 1.165) is 24.3 Å². The van der Waals surface area contributed by atoms with Crippen LogP contribution in [0, 0.1) is 0 Å². The minimum Gasteiger partial charge on any atom is -0.387 e. The Morgan fingerprint density at radius 3 is 1.68 bits per heavy atom. The Kier molecular flexibility index (Phi) is 10.8. The molecule has 292 valence electrons. The van der Waals surface area contributed by atoms with Gasteiger partial charge in [0.05, 0.1) is 25.9 Å². The fraction of sp³-hybridized carbons (Fsp3) is 0.545. The molecule has 3 unspecified atom stereocenters. The molecule has 4 aromatic rings. The van der Waals surface area contributed by atoms with Crippen molar-refractivity contribution < 1.29 is 75.2 Å². The Bertz CT molecular complexity index is 2260. The molecule has 31 heteroatoms. The van der Waals surface area contributed by atoms with Crippen molar-refractivity contribution in [3.63, 3.8) is 0 Å². The number of anilines is 2. The van der Waals surface area contributed by atoms with Crippen LogP contribution in [0.25, 0.3) is 22.3 Å². The molecule has 11 atom stereocenters. The van der Waals surface area contributed by atoms with E-state index < -0.39 is 96.9 Å². The van der Waals surface area contributed by atoms with Crippen LogP contribution in [0.15, 0.2) is 22.2 Å². The number of hydrogen-bond donors (Lipinski definition) is 9. The van der Waals surface area contributed by atoms with Gasteiger partial charge in [0.25, 0.3) is 11.1 Å². The average molecular weight is 816 g/mol. The van der Waals surface area contributed by atoms with Crippen molar-refractivity contribution in [3.05, 3.63) is 33.4 Å². The largest absolute Gasteiger partial charge is 0.490 e. The van der Waals surface area contributed by atoms with Crippen molar-refractivity contribution in [2.45, 2.75) is 49.1 Å². The monoisotopic (exact) mass is 816 g/mol. The van der Waals surface area contributed by atoms with Gasteiger partial charge < -0.3 is 55.3 Å². The van der Waals surface area contributed by atoms with Crippen molar-refractivity contribution in [2.75, 3.05) is 38.9 Å². The van der Waals surface area contributed by atoms with E-state index in [4.69, 9.17) is 39.5 Å². The summed E-state index contributed by atoms with van der Waals surface area (Å²) in [7, 11) is -14.9. The quantitative estimate of drug-likeness (QED) is 0.0586. The normalized spacial score (nSPS) is 29.7. The molecule has 2 aliphatic rings. The van der Waals surface area contributed by atoms with Crippen LogP contribution in [0.2, 0.25) is 0 Å². The molecule has 6 rings (SSSR count). The lowest BCUT2D eigenvalue weighted by molar-refractivity contribution is -0.0578. The Morgan fingerprint density at radius 2 is 1.19 bits per heavy atom. The summed E-state index contributed by atoms with van der Waals surface area (Å²) in [5.74, 6) is -0.530. The third-order valence-corrected chi connectivity index (χ3v) is 12.1. The molecule has 0 radical (unpaired) electrons. The van der Waals surface area contributed by atoms with E-state index in [2.05, 4.69) is 38.5 Å². The minimum atomic E-state index is -5.96. The van der Waals surface area contributed by atoms with E-state index in [-0.39, 0.29) is 34.2 Å². The summed E-state index contributed by atoms with van der Waals surface area (Å²) in [5.41, 5.74) is 9.42. The molecule has 0 aliphatic carbocycles. The van der Waals surface area contributed by atoms with Crippen LogP contribution >= 0.6 is 23.5 Å². The number of nitrogen functional groups attached to an aromatic ring is 2. The van der Waals surface area contributed by atoms with Crippen LogP contribution in [-0.4, -0.2) is 128 Å². The molecular weight excluding hydrogens is 785 g/mol. The molecular formula is C22H31N10O18P3. The first kappa shape index (κ1) is 39.2. The van der Waals surface area contributed by atoms with Gasteiger partial charge in [-0.05, 0) is 0 Å². The molecule has 2 saturated heterocycles. The molecule has 0 bridgehead atoms. The van der Waals surface area contributed by atoms with Crippen molar-refractivity contribution in [1.82, 2.24) is 39.0 Å². The first-order valence-corrected chi connectivity index (χ1v) is 19.2. The summed E-state index contributed by atoms with van der Waals surface area (Å²) < 4.78 is 79.6. The Balaban J connectivity index is 1.06. The van der Waals surface area contributed by atoms with Gasteiger partial charge in [0, 0.05) is 14.2 Å². The highest BCUT2D eigenvalue weighted by molar-refractivity contribution is 7.66. The number of aromatic amines is 2. The predicted molar refractivity (Wildman–Crippen MR) is 170 cm³/mol. The number of aliphatic hydroxyl groups is 2. The van der Waals surface area contributed by atoms with Crippen LogP contribution in [0.5, 0.6) is 0 Å². The van der Waals surface area contributed by atoms with E-state index in [1.807, 2.05) is 0 Å². The highest BCUT2D eigenvalue weighted by atomic mass is 31.3. The van der Waals surface area contributed by atoms with Crippen molar-refractivity contribution in [3.8, 4) is 0 Å². The summed E-state index contributed by atoms with van der Waals surface area (Å²) in [4.78, 5) is 74.9. The third kappa shape index (κ3) is 7.99. The van der Waals surface area contributed by atoms with Gasteiger partial charge in [-0.15, -0.1) is 0 Å². The number of nitrogens with zero attached hydrogens (tertiary/aromatic N) is 6. The SMILES string of the molecule is CO[C@@H]1[C@H](O)[C@@H](COP(=O)(O)OP(=O)(O)OP(=O)(O)OC[C@H]2O[C@@H](n3cnc4c(=O)[nH]c(N)nc43)[C@@H](O)[C@@H]2OC)O[C@H]1n1cnc2c(=O)[nH]c(N)nc21. The van der Waals surface area contributed by atoms with Gasteiger partial charge in [-0.2, -0.15) is 18.6 Å².